The number of aromatic amines is 1. The van der Waals surface area contributed by atoms with E-state index in [2.05, 4.69) is 50.7 Å². The van der Waals surface area contributed by atoms with E-state index in [0.29, 0.717) is 12.2 Å². The van der Waals surface area contributed by atoms with Crippen molar-refractivity contribution in [1.29, 1.82) is 0 Å². The summed E-state index contributed by atoms with van der Waals surface area (Å²) in [6.07, 6.45) is 0.572. The van der Waals surface area contributed by atoms with Gasteiger partial charge in [0.05, 0.1) is 8.95 Å². The second-order valence-electron chi connectivity index (χ2n) is 5.97. The van der Waals surface area contributed by atoms with Gasteiger partial charge in [-0.2, -0.15) is 0 Å². The van der Waals surface area contributed by atoms with E-state index in [1.165, 1.54) is 5.56 Å². The molecule has 3 rings (SSSR count). The number of aliphatic carboxylic acids is 1. The van der Waals surface area contributed by atoms with E-state index in [-0.39, 0.29) is 6.42 Å². The number of carboxylic acid groups (broad SMARTS) is 1. The summed E-state index contributed by atoms with van der Waals surface area (Å²) >= 11 is 7.04. The number of hydrogen-bond acceptors (Lipinski definition) is 2. The third kappa shape index (κ3) is 3.90. The first-order valence-electron chi connectivity index (χ1n) is 7.81. The number of benzene rings is 2. The van der Waals surface area contributed by atoms with Gasteiger partial charge in [-0.15, -0.1) is 0 Å². The molecule has 25 heavy (non-hydrogen) atoms. The van der Waals surface area contributed by atoms with Crippen molar-refractivity contribution in [2.75, 3.05) is 0 Å². The minimum atomic E-state index is -0.807. The van der Waals surface area contributed by atoms with Crippen molar-refractivity contribution in [3.63, 3.8) is 0 Å². The number of fused-ring (bicyclic) bond motifs is 1. The maximum absolute atomic E-state index is 10.7. The Morgan fingerprint density at radius 1 is 1.16 bits per heavy atom. The zero-order valence-corrected chi connectivity index (χ0v) is 17.0. The smallest absolute Gasteiger partial charge is 0.303 e. The van der Waals surface area contributed by atoms with Gasteiger partial charge in [0.25, 0.3) is 0 Å². The molecule has 1 heterocycles. The maximum atomic E-state index is 10.7. The van der Waals surface area contributed by atoms with Gasteiger partial charge >= 0.3 is 5.97 Å². The van der Waals surface area contributed by atoms with Crippen LogP contribution in [0.5, 0.6) is 11.5 Å². The van der Waals surface area contributed by atoms with E-state index in [1.54, 1.807) is 0 Å². The van der Waals surface area contributed by atoms with Gasteiger partial charge in [0.2, 0.25) is 0 Å². The summed E-state index contributed by atoms with van der Waals surface area (Å²) < 4.78 is 7.63. The quantitative estimate of drug-likeness (QED) is 0.476. The normalized spacial score (nSPS) is 11.0. The molecular formula is C19H17Br2NO3. The first-order chi connectivity index (χ1) is 11.8. The molecule has 0 aliphatic carbocycles. The lowest BCUT2D eigenvalue weighted by atomic mass is 10.1. The Morgan fingerprint density at radius 3 is 2.48 bits per heavy atom. The topological polar surface area (TPSA) is 62.3 Å². The second-order valence-corrected chi connectivity index (χ2v) is 7.68. The Labute approximate surface area is 162 Å². The zero-order valence-electron chi connectivity index (χ0n) is 13.8. The Hall–Kier alpha value is -1.79. The number of nitrogens with one attached hydrogen (secondary N) is 1. The van der Waals surface area contributed by atoms with E-state index >= 15 is 0 Å². The van der Waals surface area contributed by atoms with Gasteiger partial charge in [-0.3, -0.25) is 4.79 Å². The lowest BCUT2D eigenvalue weighted by Gasteiger charge is -2.12. The molecule has 4 nitrogen and oxygen atoms in total. The minimum absolute atomic E-state index is 0.0991. The predicted molar refractivity (Wildman–Crippen MR) is 106 cm³/mol. The van der Waals surface area contributed by atoms with Crippen LogP contribution in [-0.4, -0.2) is 16.1 Å². The summed E-state index contributed by atoms with van der Waals surface area (Å²) in [5.41, 5.74) is 4.38. The van der Waals surface area contributed by atoms with E-state index in [4.69, 9.17) is 9.84 Å². The molecule has 0 bridgehead atoms. The van der Waals surface area contributed by atoms with Gasteiger partial charge in [0.15, 0.2) is 5.75 Å². The molecule has 0 unspecified atom stereocenters. The van der Waals surface area contributed by atoms with Crippen LogP contribution < -0.4 is 4.74 Å². The summed E-state index contributed by atoms with van der Waals surface area (Å²) in [5.74, 6) is 0.607. The van der Waals surface area contributed by atoms with Gasteiger partial charge in [-0.05, 0) is 93.6 Å². The second kappa shape index (κ2) is 7.22. The highest BCUT2D eigenvalue weighted by Crippen LogP contribution is 2.39. The number of carbonyl (C=O) groups is 1. The number of aryl methyl sites for hydroxylation is 3. The molecule has 3 aromatic rings. The fourth-order valence-electron chi connectivity index (χ4n) is 2.73. The molecule has 0 saturated carbocycles. The fraction of sp³-hybridized carbons (Fsp3) is 0.211. The molecular weight excluding hydrogens is 450 g/mol. The molecule has 0 aliphatic heterocycles. The van der Waals surface area contributed by atoms with Crippen molar-refractivity contribution in [1.82, 2.24) is 4.98 Å². The fourth-order valence-corrected chi connectivity index (χ4v) is 4.17. The minimum Gasteiger partial charge on any atom is -0.481 e. The van der Waals surface area contributed by atoms with Crippen LogP contribution in [0.3, 0.4) is 0 Å². The van der Waals surface area contributed by atoms with Crippen LogP contribution in [0.25, 0.3) is 10.9 Å². The van der Waals surface area contributed by atoms with Gasteiger partial charge in [0.1, 0.15) is 5.75 Å². The van der Waals surface area contributed by atoms with Crippen LogP contribution >= 0.6 is 31.9 Å². The number of halogens is 2. The maximum Gasteiger partial charge on any atom is 0.303 e. The zero-order chi connectivity index (χ0) is 18.1. The molecule has 1 aromatic heterocycles. The van der Waals surface area contributed by atoms with Crippen LogP contribution in [0, 0.1) is 13.8 Å². The number of rotatable bonds is 5. The van der Waals surface area contributed by atoms with Crippen molar-refractivity contribution in [2.45, 2.75) is 26.7 Å². The number of aromatic nitrogens is 1. The lowest BCUT2D eigenvalue weighted by molar-refractivity contribution is -0.136. The van der Waals surface area contributed by atoms with Crippen molar-refractivity contribution >= 4 is 48.7 Å². The third-order valence-corrected chi connectivity index (χ3v) is 5.36. The predicted octanol–water partition coefficient (Wildman–Crippen LogP) is 6.12. The summed E-state index contributed by atoms with van der Waals surface area (Å²) in [5, 5.41) is 9.96. The van der Waals surface area contributed by atoms with Crippen LogP contribution in [-0.2, 0) is 11.2 Å². The molecule has 0 fully saturated rings. The van der Waals surface area contributed by atoms with Crippen molar-refractivity contribution in [3.8, 4) is 11.5 Å². The molecule has 0 radical (unpaired) electrons. The molecule has 0 saturated heterocycles. The van der Waals surface area contributed by atoms with Gasteiger partial charge in [-0.1, -0.05) is 0 Å². The van der Waals surface area contributed by atoms with E-state index in [1.807, 2.05) is 30.3 Å². The Morgan fingerprint density at radius 2 is 1.84 bits per heavy atom. The van der Waals surface area contributed by atoms with Crippen molar-refractivity contribution in [2.24, 2.45) is 0 Å². The average Bonchev–Trinajstić information content (AvgIpc) is 2.83. The number of H-pyrrole nitrogens is 1. The highest BCUT2D eigenvalue weighted by atomic mass is 79.9. The van der Waals surface area contributed by atoms with E-state index in [9.17, 15) is 4.79 Å². The Bertz CT molecular complexity index is 940. The number of hydrogen-bond donors (Lipinski definition) is 2. The van der Waals surface area contributed by atoms with Crippen LogP contribution in [0.2, 0.25) is 0 Å². The molecule has 2 N–H and O–H groups in total. The largest absolute Gasteiger partial charge is 0.481 e. The molecule has 0 spiro atoms. The Balaban J connectivity index is 1.89. The summed E-state index contributed by atoms with van der Waals surface area (Å²) in [6.45, 7) is 4.14. The first-order valence-corrected chi connectivity index (χ1v) is 9.40. The van der Waals surface area contributed by atoms with Crippen LogP contribution in [0.1, 0.15) is 23.2 Å². The monoisotopic (exact) mass is 465 g/mol. The summed E-state index contributed by atoms with van der Waals surface area (Å²) in [6, 6.07) is 9.74. The van der Waals surface area contributed by atoms with Gasteiger partial charge in [0, 0.05) is 23.0 Å². The highest BCUT2D eigenvalue weighted by Gasteiger charge is 2.12. The molecule has 0 atom stereocenters. The number of ether oxygens (including phenoxy) is 1. The van der Waals surface area contributed by atoms with Crippen LogP contribution in [0.15, 0.2) is 39.3 Å². The average molecular weight is 467 g/mol. The molecule has 6 heteroatoms. The Kier molecular flexibility index (Phi) is 5.20. The molecule has 0 amide bonds. The van der Waals surface area contributed by atoms with Gasteiger partial charge in [-0.25, -0.2) is 0 Å². The highest BCUT2D eigenvalue weighted by molar-refractivity contribution is 9.11. The SMILES string of the molecule is Cc1[nH]c2ccc(Oc3c(Br)cc(CCC(=O)O)cc3Br)cc2c1C. The summed E-state index contributed by atoms with van der Waals surface area (Å²) in [7, 11) is 0. The molecule has 2 aromatic carbocycles. The van der Waals surface area contributed by atoms with Crippen LogP contribution in [0.4, 0.5) is 0 Å². The lowest BCUT2D eigenvalue weighted by Crippen LogP contribution is -1.98. The number of carboxylic acids is 1. The van der Waals surface area contributed by atoms with E-state index < -0.39 is 5.97 Å². The van der Waals surface area contributed by atoms with Crippen molar-refractivity contribution < 1.29 is 14.6 Å². The third-order valence-electron chi connectivity index (χ3n) is 4.19. The van der Waals surface area contributed by atoms with E-state index in [0.717, 1.165) is 36.9 Å². The molecule has 0 aliphatic rings. The van der Waals surface area contributed by atoms with Gasteiger partial charge < -0.3 is 14.8 Å². The van der Waals surface area contributed by atoms with Crippen molar-refractivity contribution in [3.05, 3.63) is 56.1 Å². The molecule has 130 valence electrons. The summed E-state index contributed by atoms with van der Waals surface area (Å²) in [4.78, 5) is 14.1. The standard InChI is InChI=1S/C19H17Br2NO3/c1-10-11(2)22-17-5-4-13(9-14(10)17)25-19-15(20)7-12(8-16(19)21)3-6-18(23)24/h4-5,7-9,22H,3,6H2,1-2H3,(H,23,24). The first kappa shape index (κ1) is 18.0.